The second-order valence-corrected chi connectivity index (χ2v) is 6.14. The normalized spacial score (nSPS) is 14.9. The molecule has 0 N–H and O–H groups in total. The van der Waals surface area contributed by atoms with Crippen LogP contribution in [0.25, 0.3) is 0 Å². The van der Waals surface area contributed by atoms with Gasteiger partial charge in [0.05, 0.1) is 21.3 Å². The summed E-state index contributed by atoms with van der Waals surface area (Å²) in [7, 11) is 0. The maximum absolute atomic E-state index is 13.7. The molecule has 120 valence electrons. The largest absolute Gasteiger partial charge is 0.366 e. The smallest absolute Gasteiger partial charge is 0.256 e. The molecule has 0 atom stereocenters. The zero-order valence-electron chi connectivity index (χ0n) is 12.3. The maximum Gasteiger partial charge on any atom is 0.256 e. The molecule has 1 fully saturated rings. The molecule has 2 aromatic rings. The van der Waals surface area contributed by atoms with Crippen LogP contribution in [0.5, 0.6) is 0 Å². The lowest BCUT2D eigenvalue weighted by Gasteiger charge is -2.37. The van der Waals surface area contributed by atoms with E-state index in [-0.39, 0.29) is 11.5 Å². The van der Waals surface area contributed by atoms with Crippen LogP contribution in [0.3, 0.4) is 0 Å². The first-order chi connectivity index (χ1) is 11.1. The molecule has 0 unspecified atom stereocenters. The summed E-state index contributed by atoms with van der Waals surface area (Å²) >= 11 is 12.4. The van der Waals surface area contributed by atoms with Crippen LogP contribution in [-0.4, -0.2) is 37.0 Å². The van der Waals surface area contributed by atoms with Crippen LogP contribution in [-0.2, 0) is 0 Å². The van der Waals surface area contributed by atoms with Crippen LogP contribution < -0.4 is 4.90 Å². The Hall–Kier alpha value is -1.78. The summed E-state index contributed by atoms with van der Waals surface area (Å²) in [5.41, 5.74) is 0.894. The minimum absolute atomic E-state index is 0.108. The minimum atomic E-state index is -0.492. The van der Waals surface area contributed by atoms with Crippen molar-refractivity contribution in [2.75, 3.05) is 31.1 Å². The molecular formula is C17H15Cl2FN2O. The third-order valence-electron chi connectivity index (χ3n) is 3.92. The second kappa shape index (κ2) is 6.77. The number of amides is 1. The number of halogens is 3. The molecule has 0 aliphatic carbocycles. The Morgan fingerprint density at radius 1 is 0.913 bits per heavy atom. The van der Waals surface area contributed by atoms with Crippen LogP contribution in [0.15, 0.2) is 42.5 Å². The molecule has 1 aliphatic rings. The van der Waals surface area contributed by atoms with Crippen LogP contribution in [0.4, 0.5) is 10.1 Å². The van der Waals surface area contributed by atoms with E-state index in [1.54, 1.807) is 35.2 Å². The van der Waals surface area contributed by atoms with Crippen molar-refractivity contribution >= 4 is 34.8 Å². The molecule has 0 aromatic heterocycles. The lowest BCUT2D eigenvalue weighted by Crippen LogP contribution is -2.49. The van der Waals surface area contributed by atoms with E-state index < -0.39 is 5.82 Å². The highest BCUT2D eigenvalue weighted by atomic mass is 35.5. The SMILES string of the molecule is O=C(c1ccccc1F)N1CCN(c2c(Cl)cccc2Cl)CC1. The van der Waals surface area contributed by atoms with Crippen LogP contribution in [0.1, 0.15) is 10.4 Å². The van der Waals surface area contributed by atoms with Gasteiger partial charge in [-0.1, -0.05) is 41.4 Å². The van der Waals surface area contributed by atoms with E-state index in [4.69, 9.17) is 23.2 Å². The predicted octanol–water partition coefficient (Wildman–Crippen LogP) is 4.09. The van der Waals surface area contributed by atoms with Crippen molar-refractivity contribution in [3.05, 3.63) is 63.9 Å². The number of hydrogen-bond donors (Lipinski definition) is 0. The van der Waals surface area contributed by atoms with E-state index in [0.717, 1.165) is 5.69 Å². The van der Waals surface area contributed by atoms with Crippen molar-refractivity contribution in [2.45, 2.75) is 0 Å². The Morgan fingerprint density at radius 3 is 2.13 bits per heavy atom. The summed E-state index contributed by atoms with van der Waals surface area (Å²) < 4.78 is 13.7. The highest BCUT2D eigenvalue weighted by Gasteiger charge is 2.25. The van der Waals surface area contributed by atoms with Gasteiger partial charge >= 0.3 is 0 Å². The van der Waals surface area contributed by atoms with Gasteiger partial charge in [0.2, 0.25) is 0 Å². The van der Waals surface area contributed by atoms with Gasteiger partial charge in [0.1, 0.15) is 5.82 Å². The quantitative estimate of drug-likeness (QED) is 0.812. The highest BCUT2D eigenvalue weighted by Crippen LogP contribution is 2.34. The minimum Gasteiger partial charge on any atom is -0.366 e. The van der Waals surface area contributed by atoms with Gasteiger partial charge in [0, 0.05) is 26.2 Å². The van der Waals surface area contributed by atoms with Crippen LogP contribution in [0, 0.1) is 5.82 Å². The third-order valence-corrected chi connectivity index (χ3v) is 4.53. The maximum atomic E-state index is 13.7. The fraction of sp³-hybridized carbons (Fsp3) is 0.235. The fourth-order valence-electron chi connectivity index (χ4n) is 2.73. The van der Waals surface area contributed by atoms with Crippen molar-refractivity contribution in [1.29, 1.82) is 0 Å². The molecule has 3 rings (SSSR count). The molecule has 0 bridgehead atoms. The Morgan fingerprint density at radius 2 is 1.52 bits per heavy atom. The molecule has 1 heterocycles. The highest BCUT2D eigenvalue weighted by molar-refractivity contribution is 6.39. The van der Waals surface area contributed by atoms with Gasteiger partial charge in [-0.05, 0) is 24.3 Å². The van der Waals surface area contributed by atoms with Gasteiger partial charge in [-0.15, -0.1) is 0 Å². The van der Waals surface area contributed by atoms with Crippen molar-refractivity contribution in [3.63, 3.8) is 0 Å². The summed E-state index contributed by atoms with van der Waals surface area (Å²) in [6, 6.07) is 11.4. The van der Waals surface area contributed by atoms with E-state index in [0.29, 0.717) is 36.2 Å². The van der Waals surface area contributed by atoms with Gasteiger partial charge in [0.25, 0.3) is 5.91 Å². The summed E-state index contributed by atoms with van der Waals surface area (Å²) in [5.74, 6) is -0.776. The van der Waals surface area contributed by atoms with Gasteiger partial charge < -0.3 is 9.80 Å². The van der Waals surface area contributed by atoms with E-state index in [9.17, 15) is 9.18 Å². The summed E-state index contributed by atoms with van der Waals surface area (Å²) in [6.45, 7) is 2.19. The molecule has 0 spiro atoms. The number of carbonyl (C=O) groups is 1. The first-order valence-corrected chi connectivity index (χ1v) is 8.06. The van der Waals surface area contributed by atoms with Crippen molar-refractivity contribution in [1.82, 2.24) is 4.90 Å². The van der Waals surface area contributed by atoms with E-state index in [1.807, 2.05) is 0 Å². The fourth-order valence-corrected chi connectivity index (χ4v) is 3.37. The lowest BCUT2D eigenvalue weighted by molar-refractivity contribution is 0.0742. The summed E-state index contributed by atoms with van der Waals surface area (Å²) in [4.78, 5) is 16.1. The summed E-state index contributed by atoms with van der Waals surface area (Å²) in [6.07, 6.45) is 0. The van der Waals surface area contributed by atoms with Crippen molar-refractivity contribution < 1.29 is 9.18 Å². The topological polar surface area (TPSA) is 23.6 Å². The van der Waals surface area contributed by atoms with Gasteiger partial charge in [0.15, 0.2) is 0 Å². The lowest BCUT2D eigenvalue weighted by atomic mass is 10.1. The number of anilines is 1. The average molecular weight is 353 g/mol. The number of rotatable bonds is 2. The molecule has 1 amide bonds. The molecule has 3 nitrogen and oxygen atoms in total. The molecule has 1 saturated heterocycles. The van der Waals surface area contributed by atoms with Gasteiger partial charge in [-0.2, -0.15) is 0 Å². The Kier molecular flexibility index (Phi) is 4.74. The van der Waals surface area contributed by atoms with Crippen LogP contribution in [0.2, 0.25) is 10.0 Å². The monoisotopic (exact) mass is 352 g/mol. The number of para-hydroxylation sites is 1. The Labute approximate surface area is 144 Å². The molecule has 23 heavy (non-hydrogen) atoms. The summed E-state index contributed by atoms with van der Waals surface area (Å²) in [5, 5.41) is 1.18. The van der Waals surface area contributed by atoms with Crippen molar-refractivity contribution in [2.24, 2.45) is 0 Å². The molecular weight excluding hydrogens is 338 g/mol. The average Bonchev–Trinajstić information content (AvgIpc) is 2.55. The van der Waals surface area contributed by atoms with Crippen molar-refractivity contribution in [3.8, 4) is 0 Å². The molecule has 0 saturated carbocycles. The van der Waals surface area contributed by atoms with E-state index in [1.165, 1.54) is 12.1 Å². The van der Waals surface area contributed by atoms with Gasteiger partial charge in [-0.25, -0.2) is 4.39 Å². The number of benzene rings is 2. The number of piperazine rings is 1. The number of carbonyl (C=O) groups excluding carboxylic acids is 1. The Balaban J connectivity index is 1.72. The standard InChI is InChI=1S/C17H15Cl2FN2O/c18-13-5-3-6-14(19)16(13)21-8-10-22(11-9-21)17(23)12-4-1-2-7-15(12)20/h1-7H,8-11H2. The first kappa shape index (κ1) is 16.1. The van der Waals surface area contributed by atoms with Gasteiger partial charge in [-0.3, -0.25) is 4.79 Å². The molecule has 1 aliphatic heterocycles. The predicted molar refractivity (Wildman–Crippen MR) is 91.0 cm³/mol. The number of hydrogen-bond acceptors (Lipinski definition) is 2. The molecule has 0 radical (unpaired) electrons. The first-order valence-electron chi connectivity index (χ1n) is 7.30. The Bertz CT molecular complexity index is 710. The van der Waals surface area contributed by atoms with Crippen LogP contribution >= 0.6 is 23.2 Å². The van der Waals surface area contributed by atoms with E-state index in [2.05, 4.69) is 4.90 Å². The molecule has 6 heteroatoms. The number of nitrogens with zero attached hydrogens (tertiary/aromatic N) is 2. The third kappa shape index (κ3) is 3.28. The second-order valence-electron chi connectivity index (χ2n) is 5.33. The molecule has 2 aromatic carbocycles. The van der Waals surface area contributed by atoms with E-state index >= 15 is 0 Å². The zero-order valence-corrected chi connectivity index (χ0v) is 13.8. The zero-order chi connectivity index (χ0) is 16.4.